The molecular formula is C17H26N2O. The molecule has 1 fully saturated rings. The molecule has 0 saturated heterocycles. The zero-order valence-electron chi connectivity index (χ0n) is 12.6. The number of amides is 1. The lowest BCUT2D eigenvalue weighted by Crippen LogP contribution is -2.49. The minimum absolute atomic E-state index is 0.102. The molecule has 1 aromatic rings. The van der Waals surface area contributed by atoms with Crippen molar-refractivity contribution in [3.63, 3.8) is 0 Å². The van der Waals surface area contributed by atoms with Gasteiger partial charge in [-0.15, -0.1) is 0 Å². The molecule has 0 spiro atoms. The molecule has 3 nitrogen and oxygen atoms in total. The highest BCUT2D eigenvalue weighted by molar-refractivity contribution is 5.81. The molecule has 1 aliphatic rings. The van der Waals surface area contributed by atoms with Crippen LogP contribution >= 0.6 is 0 Å². The van der Waals surface area contributed by atoms with Crippen molar-refractivity contribution in [3.8, 4) is 0 Å². The highest BCUT2D eigenvalue weighted by Crippen LogP contribution is 2.33. The summed E-state index contributed by atoms with van der Waals surface area (Å²) in [7, 11) is 0. The first-order valence-electron chi connectivity index (χ1n) is 7.81. The van der Waals surface area contributed by atoms with Gasteiger partial charge in [0, 0.05) is 12.6 Å². The summed E-state index contributed by atoms with van der Waals surface area (Å²) in [5.74, 6) is 0.631. The van der Waals surface area contributed by atoms with Crippen LogP contribution in [0, 0.1) is 0 Å². The van der Waals surface area contributed by atoms with Gasteiger partial charge in [0.15, 0.2) is 0 Å². The van der Waals surface area contributed by atoms with Gasteiger partial charge in [-0.05, 0) is 38.2 Å². The first-order valence-corrected chi connectivity index (χ1v) is 7.81. The molecule has 2 N–H and O–H groups in total. The van der Waals surface area contributed by atoms with Crippen LogP contribution < -0.4 is 10.6 Å². The molecular weight excluding hydrogens is 248 g/mol. The molecule has 1 aliphatic carbocycles. The Bertz CT molecular complexity index is 418. The van der Waals surface area contributed by atoms with Gasteiger partial charge in [0.1, 0.15) is 0 Å². The van der Waals surface area contributed by atoms with E-state index in [1.165, 1.54) is 24.8 Å². The van der Waals surface area contributed by atoms with E-state index in [1.807, 2.05) is 13.8 Å². The fourth-order valence-corrected chi connectivity index (χ4v) is 3.15. The standard InChI is InChI=1S/C17H26N2O/c1-3-18-17(20)13(2)19-16-12-8-7-11-15(16)14-9-5-4-6-10-14/h4-6,9-10,13,15-16,19H,3,7-8,11-12H2,1-2H3,(H,18,20). The molecule has 3 atom stereocenters. The third-order valence-electron chi connectivity index (χ3n) is 4.20. The highest BCUT2D eigenvalue weighted by atomic mass is 16.2. The average molecular weight is 274 g/mol. The summed E-state index contributed by atoms with van der Waals surface area (Å²) < 4.78 is 0. The maximum Gasteiger partial charge on any atom is 0.236 e. The van der Waals surface area contributed by atoms with E-state index in [0.717, 1.165) is 6.42 Å². The third-order valence-corrected chi connectivity index (χ3v) is 4.20. The van der Waals surface area contributed by atoms with Gasteiger partial charge < -0.3 is 10.6 Å². The van der Waals surface area contributed by atoms with E-state index in [2.05, 4.69) is 41.0 Å². The molecule has 2 rings (SSSR count). The molecule has 0 bridgehead atoms. The Labute approximate surface area is 122 Å². The van der Waals surface area contributed by atoms with Gasteiger partial charge in [-0.1, -0.05) is 43.2 Å². The molecule has 0 aromatic heterocycles. The monoisotopic (exact) mass is 274 g/mol. The molecule has 0 radical (unpaired) electrons. The van der Waals surface area contributed by atoms with E-state index in [-0.39, 0.29) is 11.9 Å². The Kier molecular flexibility index (Phi) is 5.60. The number of carbonyl (C=O) groups is 1. The van der Waals surface area contributed by atoms with Crippen LogP contribution in [-0.4, -0.2) is 24.5 Å². The lowest BCUT2D eigenvalue weighted by Gasteiger charge is -2.34. The fraction of sp³-hybridized carbons (Fsp3) is 0.588. The van der Waals surface area contributed by atoms with Crippen LogP contribution in [0.15, 0.2) is 30.3 Å². The van der Waals surface area contributed by atoms with Gasteiger partial charge in [-0.2, -0.15) is 0 Å². The van der Waals surface area contributed by atoms with Gasteiger partial charge in [0.05, 0.1) is 6.04 Å². The third kappa shape index (κ3) is 3.83. The zero-order valence-corrected chi connectivity index (χ0v) is 12.6. The van der Waals surface area contributed by atoms with Crippen molar-refractivity contribution in [1.82, 2.24) is 10.6 Å². The Morgan fingerprint density at radius 3 is 2.65 bits per heavy atom. The Morgan fingerprint density at radius 1 is 1.25 bits per heavy atom. The molecule has 1 saturated carbocycles. The first kappa shape index (κ1) is 15.0. The van der Waals surface area contributed by atoms with E-state index in [4.69, 9.17) is 0 Å². The summed E-state index contributed by atoms with van der Waals surface area (Å²) in [5, 5.41) is 6.43. The molecule has 110 valence electrons. The lowest BCUT2D eigenvalue weighted by atomic mass is 9.79. The highest BCUT2D eigenvalue weighted by Gasteiger charge is 2.28. The number of carbonyl (C=O) groups excluding carboxylic acids is 1. The minimum atomic E-state index is -0.121. The molecule has 0 heterocycles. The van der Waals surface area contributed by atoms with Crippen molar-refractivity contribution in [1.29, 1.82) is 0 Å². The zero-order chi connectivity index (χ0) is 14.4. The van der Waals surface area contributed by atoms with Crippen LogP contribution in [0.4, 0.5) is 0 Å². The van der Waals surface area contributed by atoms with E-state index < -0.39 is 0 Å². The molecule has 1 amide bonds. The topological polar surface area (TPSA) is 41.1 Å². The molecule has 3 heteroatoms. The van der Waals surface area contributed by atoms with Crippen molar-refractivity contribution >= 4 is 5.91 Å². The predicted octanol–water partition coefficient (Wildman–Crippen LogP) is 2.83. The van der Waals surface area contributed by atoms with Crippen molar-refractivity contribution in [2.45, 2.75) is 57.5 Å². The first-order chi connectivity index (χ1) is 9.72. The van der Waals surface area contributed by atoms with Crippen molar-refractivity contribution in [3.05, 3.63) is 35.9 Å². The van der Waals surface area contributed by atoms with Gasteiger partial charge >= 0.3 is 0 Å². The number of rotatable bonds is 5. The van der Waals surface area contributed by atoms with Gasteiger partial charge in [0.2, 0.25) is 5.91 Å². The van der Waals surface area contributed by atoms with Crippen molar-refractivity contribution < 1.29 is 4.79 Å². The summed E-state index contributed by atoms with van der Waals surface area (Å²) in [6.07, 6.45) is 4.91. The molecule has 1 aromatic carbocycles. The van der Waals surface area contributed by atoms with E-state index in [0.29, 0.717) is 18.5 Å². The normalized spacial score (nSPS) is 24.1. The molecule has 3 unspecified atom stereocenters. The second-order valence-corrected chi connectivity index (χ2v) is 5.69. The fourth-order valence-electron chi connectivity index (χ4n) is 3.15. The summed E-state index contributed by atoms with van der Waals surface area (Å²) in [4.78, 5) is 11.9. The summed E-state index contributed by atoms with van der Waals surface area (Å²) >= 11 is 0. The van der Waals surface area contributed by atoms with E-state index in [1.54, 1.807) is 0 Å². The molecule has 20 heavy (non-hydrogen) atoms. The van der Waals surface area contributed by atoms with Crippen LogP contribution in [0.25, 0.3) is 0 Å². The summed E-state index contributed by atoms with van der Waals surface area (Å²) in [6, 6.07) is 11.0. The predicted molar refractivity (Wildman–Crippen MR) is 82.7 cm³/mol. The Hall–Kier alpha value is -1.35. The van der Waals surface area contributed by atoms with E-state index in [9.17, 15) is 4.79 Å². The molecule has 0 aliphatic heterocycles. The van der Waals surface area contributed by atoms with Gasteiger partial charge in [-0.25, -0.2) is 0 Å². The smallest absolute Gasteiger partial charge is 0.236 e. The van der Waals surface area contributed by atoms with E-state index >= 15 is 0 Å². The number of likely N-dealkylation sites (N-methyl/N-ethyl adjacent to an activating group) is 1. The maximum atomic E-state index is 11.9. The van der Waals surface area contributed by atoms with Crippen LogP contribution in [-0.2, 0) is 4.79 Å². The number of nitrogens with one attached hydrogen (secondary N) is 2. The quantitative estimate of drug-likeness (QED) is 0.867. The number of hydrogen-bond donors (Lipinski definition) is 2. The minimum Gasteiger partial charge on any atom is -0.355 e. The Morgan fingerprint density at radius 2 is 1.95 bits per heavy atom. The van der Waals surface area contributed by atoms with Crippen LogP contribution in [0.5, 0.6) is 0 Å². The van der Waals surface area contributed by atoms with Crippen LogP contribution in [0.1, 0.15) is 51.0 Å². The average Bonchev–Trinajstić information content (AvgIpc) is 2.49. The number of hydrogen-bond acceptors (Lipinski definition) is 2. The SMILES string of the molecule is CCNC(=O)C(C)NC1CCCCC1c1ccccc1. The van der Waals surface area contributed by atoms with Crippen LogP contribution in [0.3, 0.4) is 0 Å². The Balaban J connectivity index is 2.02. The second kappa shape index (κ2) is 7.44. The van der Waals surface area contributed by atoms with Crippen molar-refractivity contribution in [2.75, 3.05) is 6.54 Å². The second-order valence-electron chi connectivity index (χ2n) is 5.69. The lowest BCUT2D eigenvalue weighted by molar-refractivity contribution is -0.122. The number of benzene rings is 1. The van der Waals surface area contributed by atoms with Crippen molar-refractivity contribution in [2.24, 2.45) is 0 Å². The van der Waals surface area contributed by atoms with Crippen LogP contribution in [0.2, 0.25) is 0 Å². The maximum absolute atomic E-state index is 11.9. The summed E-state index contributed by atoms with van der Waals surface area (Å²) in [6.45, 7) is 4.61. The largest absolute Gasteiger partial charge is 0.355 e. The van der Waals surface area contributed by atoms with Gasteiger partial charge in [-0.3, -0.25) is 4.79 Å². The van der Waals surface area contributed by atoms with Gasteiger partial charge in [0.25, 0.3) is 0 Å². The summed E-state index contributed by atoms with van der Waals surface area (Å²) in [5.41, 5.74) is 1.40.